The fourth-order valence-corrected chi connectivity index (χ4v) is 3.17. The van der Waals surface area contributed by atoms with Crippen LogP contribution in [-0.2, 0) is 11.3 Å². The molecule has 156 valence electrons. The van der Waals surface area contributed by atoms with Crippen LogP contribution in [0.4, 0.5) is 0 Å². The number of aromatic nitrogens is 4. The minimum atomic E-state index is -0.885. The first-order valence-electron chi connectivity index (χ1n) is 9.68. The number of carbonyl (C=O) groups is 1. The molecule has 0 saturated carbocycles. The summed E-state index contributed by atoms with van der Waals surface area (Å²) in [7, 11) is 0. The van der Waals surface area contributed by atoms with Gasteiger partial charge in [0.25, 0.3) is 5.89 Å². The molecule has 0 atom stereocenters. The standard InChI is InChI=1S/C22H19N5O4/c1-13(2)30-19-7-6-14(10-15(19)11-23)22-24-21(26-31-22)16-4-3-5-18-17(16)12-27(25-18)9-8-20(28)29/h3-7,10,12-13H,8-9H2,1-2H3,(H,28,29). The number of benzene rings is 2. The van der Waals surface area contributed by atoms with Crippen LogP contribution in [0.15, 0.2) is 47.1 Å². The summed E-state index contributed by atoms with van der Waals surface area (Å²) >= 11 is 0. The summed E-state index contributed by atoms with van der Waals surface area (Å²) in [4.78, 5) is 15.3. The maximum absolute atomic E-state index is 10.8. The molecular weight excluding hydrogens is 398 g/mol. The number of hydrogen-bond donors (Lipinski definition) is 1. The lowest BCUT2D eigenvalue weighted by atomic mass is 10.1. The van der Waals surface area contributed by atoms with E-state index < -0.39 is 5.97 Å². The molecule has 1 N–H and O–H groups in total. The van der Waals surface area contributed by atoms with Crippen LogP contribution in [0.3, 0.4) is 0 Å². The van der Waals surface area contributed by atoms with Gasteiger partial charge in [0.2, 0.25) is 5.82 Å². The molecule has 0 aliphatic carbocycles. The number of carboxylic acids is 1. The highest BCUT2D eigenvalue weighted by molar-refractivity contribution is 5.92. The second-order valence-corrected chi connectivity index (χ2v) is 7.19. The molecule has 2 aromatic heterocycles. The van der Waals surface area contributed by atoms with E-state index in [1.54, 1.807) is 29.1 Å². The lowest BCUT2D eigenvalue weighted by Crippen LogP contribution is -2.06. The van der Waals surface area contributed by atoms with Crippen molar-refractivity contribution in [3.8, 4) is 34.7 Å². The zero-order valence-corrected chi connectivity index (χ0v) is 16.9. The van der Waals surface area contributed by atoms with Crippen molar-refractivity contribution in [2.75, 3.05) is 0 Å². The number of rotatable bonds is 7. The summed E-state index contributed by atoms with van der Waals surface area (Å²) in [5.41, 5.74) is 2.41. The fourth-order valence-electron chi connectivity index (χ4n) is 3.17. The summed E-state index contributed by atoms with van der Waals surface area (Å²) < 4.78 is 12.7. The third-order valence-electron chi connectivity index (χ3n) is 4.53. The van der Waals surface area contributed by atoms with Crippen LogP contribution in [0, 0.1) is 11.3 Å². The Bertz CT molecular complexity index is 1300. The Morgan fingerprint density at radius 3 is 2.90 bits per heavy atom. The molecule has 0 saturated heterocycles. The van der Waals surface area contributed by atoms with Crippen molar-refractivity contribution in [3.05, 3.63) is 48.2 Å². The van der Waals surface area contributed by atoms with E-state index in [1.165, 1.54) is 0 Å². The zero-order valence-electron chi connectivity index (χ0n) is 16.9. The summed E-state index contributed by atoms with van der Waals surface area (Å²) in [5.74, 6) is 0.265. The molecule has 0 aliphatic heterocycles. The van der Waals surface area contributed by atoms with E-state index in [2.05, 4.69) is 21.3 Å². The van der Waals surface area contributed by atoms with Gasteiger partial charge < -0.3 is 14.4 Å². The van der Waals surface area contributed by atoms with Crippen LogP contribution in [0.1, 0.15) is 25.8 Å². The van der Waals surface area contributed by atoms with Crippen molar-refractivity contribution < 1.29 is 19.2 Å². The topological polar surface area (TPSA) is 127 Å². The first-order valence-corrected chi connectivity index (χ1v) is 9.68. The molecule has 2 aromatic carbocycles. The van der Waals surface area contributed by atoms with Gasteiger partial charge in [-0.05, 0) is 38.1 Å². The molecule has 0 spiro atoms. The molecule has 0 fully saturated rings. The lowest BCUT2D eigenvalue weighted by Gasteiger charge is -2.11. The Balaban J connectivity index is 1.67. The third-order valence-corrected chi connectivity index (χ3v) is 4.53. The first kappa shape index (κ1) is 20.1. The van der Waals surface area contributed by atoms with Gasteiger partial charge in [-0.1, -0.05) is 17.3 Å². The van der Waals surface area contributed by atoms with E-state index in [1.807, 2.05) is 32.0 Å². The summed E-state index contributed by atoms with van der Waals surface area (Å²) in [5, 5.41) is 27.6. The van der Waals surface area contributed by atoms with Crippen LogP contribution in [0.25, 0.3) is 33.7 Å². The van der Waals surface area contributed by atoms with Gasteiger partial charge in [0.1, 0.15) is 11.8 Å². The Hall–Kier alpha value is -4.19. The second-order valence-electron chi connectivity index (χ2n) is 7.19. The highest BCUT2D eigenvalue weighted by Gasteiger charge is 2.16. The van der Waals surface area contributed by atoms with Crippen LogP contribution >= 0.6 is 0 Å². The smallest absolute Gasteiger partial charge is 0.305 e. The number of aryl methyl sites for hydroxylation is 1. The first-order chi connectivity index (χ1) is 14.9. The minimum Gasteiger partial charge on any atom is -0.490 e. The maximum Gasteiger partial charge on any atom is 0.305 e. The predicted molar refractivity (Wildman–Crippen MR) is 111 cm³/mol. The highest BCUT2D eigenvalue weighted by atomic mass is 16.5. The Morgan fingerprint density at radius 2 is 2.16 bits per heavy atom. The molecule has 0 amide bonds. The molecule has 4 aromatic rings. The normalized spacial score (nSPS) is 11.0. The number of nitriles is 1. The van der Waals surface area contributed by atoms with Gasteiger partial charge in [-0.25, -0.2) is 0 Å². The van der Waals surface area contributed by atoms with Crippen LogP contribution in [-0.4, -0.2) is 37.1 Å². The molecule has 9 nitrogen and oxygen atoms in total. The van der Waals surface area contributed by atoms with E-state index in [-0.39, 0.29) is 25.0 Å². The average molecular weight is 417 g/mol. The molecule has 9 heteroatoms. The van der Waals surface area contributed by atoms with Crippen molar-refractivity contribution in [3.63, 3.8) is 0 Å². The van der Waals surface area contributed by atoms with E-state index >= 15 is 0 Å². The number of fused-ring (bicyclic) bond motifs is 1. The van der Waals surface area contributed by atoms with Gasteiger partial charge in [-0.3, -0.25) is 9.48 Å². The van der Waals surface area contributed by atoms with Gasteiger partial charge in [0.15, 0.2) is 0 Å². The molecule has 0 radical (unpaired) electrons. The van der Waals surface area contributed by atoms with Gasteiger partial charge >= 0.3 is 5.97 Å². The Morgan fingerprint density at radius 1 is 1.32 bits per heavy atom. The fraction of sp³-hybridized carbons (Fsp3) is 0.227. The minimum absolute atomic E-state index is 0.0204. The molecule has 2 heterocycles. The second kappa shape index (κ2) is 8.28. The third kappa shape index (κ3) is 4.23. The average Bonchev–Trinajstić information content (AvgIpc) is 3.39. The Kier molecular flexibility index (Phi) is 5.37. The zero-order chi connectivity index (χ0) is 22.0. The van der Waals surface area contributed by atoms with Crippen LogP contribution < -0.4 is 4.74 Å². The monoisotopic (exact) mass is 417 g/mol. The highest BCUT2D eigenvalue weighted by Crippen LogP contribution is 2.30. The van der Waals surface area contributed by atoms with E-state index in [4.69, 9.17) is 14.4 Å². The van der Waals surface area contributed by atoms with E-state index in [0.29, 0.717) is 33.8 Å². The van der Waals surface area contributed by atoms with Crippen molar-refractivity contribution in [1.82, 2.24) is 19.9 Å². The van der Waals surface area contributed by atoms with Crippen LogP contribution in [0.2, 0.25) is 0 Å². The summed E-state index contributed by atoms with van der Waals surface area (Å²) in [6.07, 6.45) is 1.70. The SMILES string of the molecule is CC(C)Oc1ccc(-c2nc(-c3cccc4nn(CCC(=O)O)cc34)no2)cc1C#N. The summed E-state index contributed by atoms with van der Waals surface area (Å²) in [6, 6.07) is 12.8. The number of nitrogens with zero attached hydrogens (tertiary/aromatic N) is 5. The molecular formula is C22H19N5O4. The van der Waals surface area contributed by atoms with Gasteiger partial charge in [0, 0.05) is 22.7 Å². The van der Waals surface area contributed by atoms with Crippen molar-refractivity contribution in [2.24, 2.45) is 0 Å². The predicted octanol–water partition coefficient (Wildman–Crippen LogP) is 3.89. The number of ether oxygens (including phenoxy) is 1. The van der Waals surface area contributed by atoms with E-state index in [9.17, 15) is 10.1 Å². The molecule has 0 bridgehead atoms. The largest absolute Gasteiger partial charge is 0.490 e. The van der Waals surface area contributed by atoms with Crippen LogP contribution in [0.5, 0.6) is 5.75 Å². The van der Waals surface area contributed by atoms with Crippen molar-refractivity contribution in [2.45, 2.75) is 32.9 Å². The lowest BCUT2D eigenvalue weighted by molar-refractivity contribution is -0.137. The molecule has 0 aliphatic rings. The maximum atomic E-state index is 10.8. The quantitative estimate of drug-likeness (QED) is 0.480. The summed E-state index contributed by atoms with van der Waals surface area (Å²) in [6.45, 7) is 4.05. The molecule has 0 unspecified atom stereocenters. The molecule has 4 rings (SSSR count). The van der Waals surface area contributed by atoms with Gasteiger partial charge in [-0.15, -0.1) is 0 Å². The van der Waals surface area contributed by atoms with Gasteiger partial charge in [-0.2, -0.15) is 15.3 Å². The number of aliphatic carboxylic acids is 1. The van der Waals surface area contributed by atoms with Gasteiger partial charge in [0.05, 0.1) is 30.1 Å². The number of carboxylic acid groups (broad SMARTS) is 1. The van der Waals surface area contributed by atoms with Crippen molar-refractivity contribution >= 4 is 16.9 Å². The Labute approximate surface area is 177 Å². The van der Waals surface area contributed by atoms with E-state index in [0.717, 1.165) is 5.39 Å². The molecule has 31 heavy (non-hydrogen) atoms. The number of hydrogen-bond acceptors (Lipinski definition) is 7. The van der Waals surface area contributed by atoms with Crippen molar-refractivity contribution in [1.29, 1.82) is 5.26 Å².